The lowest BCUT2D eigenvalue weighted by Crippen LogP contribution is -2.37. The summed E-state index contributed by atoms with van der Waals surface area (Å²) >= 11 is 0. The van der Waals surface area contributed by atoms with Gasteiger partial charge in [0.2, 0.25) is 17.6 Å². The third-order valence-electron chi connectivity index (χ3n) is 8.45. The lowest BCUT2D eigenvalue weighted by molar-refractivity contribution is -0.124. The first-order chi connectivity index (χ1) is 19.1. The summed E-state index contributed by atoms with van der Waals surface area (Å²) in [5.74, 6) is -2.86. The molecule has 3 aromatic heterocycles. The number of amides is 2. The number of imidazole rings is 1. The molecule has 3 aliphatic carbocycles. The standard InChI is InChI=1S/C27H32F3N7O3/c1-14-22(36-40-35-14)25(39)34-24(17-4-7-27(29,30)8-5-17)20-13-37-9-6-19(31-26(37)32-20)23(16-2-3-16)33-21(38)12-15-10-18(28)11-15/h6,9,13,15-18,23-24H,2-5,7-8,10-12H2,1H3,(H,33,38)(H,34,39)/t15-,18-,23?,24-/m0/s1. The van der Waals surface area contributed by atoms with Gasteiger partial charge in [0.25, 0.3) is 5.91 Å². The SMILES string of the molecule is Cc1nonc1C(=O)N[C@H](c1cn2ccc(C(NC(=O)C[C@H]3C[C@H](F)C3)C3CC3)nc2n1)C1CCC(F)(F)CC1. The van der Waals surface area contributed by atoms with E-state index in [4.69, 9.17) is 9.97 Å². The van der Waals surface area contributed by atoms with Gasteiger partial charge >= 0.3 is 0 Å². The Labute approximate surface area is 228 Å². The van der Waals surface area contributed by atoms with Crippen LogP contribution in [0.15, 0.2) is 23.1 Å². The molecule has 3 heterocycles. The maximum Gasteiger partial charge on any atom is 0.276 e. The Kier molecular flexibility index (Phi) is 6.99. The molecule has 10 nitrogen and oxygen atoms in total. The summed E-state index contributed by atoms with van der Waals surface area (Å²) in [4.78, 5) is 35.1. The summed E-state index contributed by atoms with van der Waals surface area (Å²) in [5, 5.41) is 13.4. The van der Waals surface area contributed by atoms with Crippen molar-refractivity contribution in [3.05, 3.63) is 41.2 Å². The molecule has 40 heavy (non-hydrogen) atoms. The first-order valence-electron chi connectivity index (χ1n) is 13.9. The number of carbonyl (C=O) groups excluding carboxylic acids is 2. The van der Waals surface area contributed by atoms with Gasteiger partial charge in [-0.2, -0.15) is 0 Å². The lowest BCUT2D eigenvalue weighted by atomic mass is 9.81. The summed E-state index contributed by atoms with van der Waals surface area (Å²) in [6, 6.07) is 0.921. The fourth-order valence-electron chi connectivity index (χ4n) is 5.88. The number of nitrogens with zero attached hydrogens (tertiary/aromatic N) is 5. The predicted molar refractivity (Wildman–Crippen MR) is 135 cm³/mol. The Morgan fingerprint density at radius 2 is 1.73 bits per heavy atom. The van der Waals surface area contributed by atoms with Crippen molar-refractivity contribution in [1.29, 1.82) is 0 Å². The molecule has 0 aliphatic heterocycles. The zero-order chi connectivity index (χ0) is 28.0. The van der Waals surface area contributed by atoms with Crippen molar-refractivity contribution < 1.29 is 27.4 Å². The van der Waals surface area contributed by atoms with Crippen LogP contribution in [-0.4, -0.2) is 48.6 Å². The van der Waals surface area contributed by atoms with Gasteiger partial charge in [-0.15, -0.1) is 0 Å². The van der Waals surface area contributed by atoms with Crippen molar-refractivity contribution in [3.8, 4) is 0 Å². The van der Waals surface area contributed by atoms with E-state index in [9.17, 15) is 22.8 Å². The highest BCUT2D eigenvalue weighted by atomic mass is 19.3. The molecule has 13 heteroatoms. The number of nitrogens with one attached hydrogen (secondary N) is 2. The second-order valence-corrected chi connectivity index (χ2v) is 11.6. The van der Waals surface area contributed by atoms with Crippen LogP contribution < -0.4 is 10.6 Å². The number of halogens is 3. The number of rotatable bonds is 9. The van der Waals surface area contributed by atoms with Crippen molar-refractivity contribution in [1.82, 2.24) is 35.3 Å². The average Bonchev–Trinajstić information content (AvgIpc) is 3.50. The molecule has 0 saturated heterocycles. The van der Waals surface area contributed by atoms with Gasteiger partial charge in [-0.3, -0.25) is 14.0 Å². The number of aryl methyl sites for hydroxylation is 1. The van der Waals surface area contributed by atoms with E-state index in [0.717, 1.165) is 12.8 Å². The highest BCUT2D eigenvalue weighted by Gasteiger charge is 2.40. The highest BCUT2D eigenvalue weighted by molar-refractivity contribution is 5.93. The maximum absolute atomic E-state index is 13.9. The molecule has 1 unspecified atom stereocenters. The summed E-state index contributed by atoms with van der Waals surface area (Å²) < 4.78 is 47.5. The Bertz CT molecular complexity index is 1390. The molecule has 6 rings (SSSR count). The van der Waals surface area contributed by atoms with Crippen LogP contribution in [0, 0.1) is 24.7 Å². The van der Waals surface area contributed by atoms with E-state index in [1.165, 1.54) is 0 Å². The molecule has 0 spiro atoms. The molecule has 3 saturated carbocycles. The fourth-order valence-corrected chi connectivity index (χ4v) is 5.88. The maximum atomic E-state index is 13.9. The van der Waals surface area contributed by atoms with Crippen molar-refractivity contribution in [2.45, 2.75) is 88.9 Å². The monoisotopic (exact) mass is 559 g/mol. The topological polar surface area (TPSA) is 127 Å². The summed E-state index contributed by atoms with van der Waals surface area (Å²) in [6.45, 7) is 1.59. The number of aromatic nitrogens is 5. The fraction of sp³-hybridized carbons (Fsp3) is 0.630. The van der Waals surface area contributed by atoms with E-state index >= 15 is 0 Å². The summed E-state index contributed by atoms with van der Waals surface area (Å²) in [5.41, 5.74) is 1.53. The van der Waals surface area contributed by atoms with E-state index in [-0.39, 0.29) is 61.1 Å². The van der Waals surface area contributed by atoms with Crippen molar-refractivity contribution in [2.24, 2.45) is 17.8 Å². The third-order valence-corrected chi connectivity index (χ3v) is 8.45. The number of hydrogen-bond donors (Lipinski definition) is 2. The minimum absolute atomic E-state index is 0.0299. The van der Waals surface area contributed by atoms with Gasteiger partial charge in [0.15, 0.2) is 5.69 Å². The summed E-state index contributed by atoms with van der Waals surface area (Å²) in [7, 11) is 0. The van der Waals surface area contributed by atoms with Crippen LogP contribution in [0.4, 0.5) is 13.2 Å². The largest absolute Gasteiger partial charge is 0.347 e. The molecule has 0 radical (unpaired) electrons. The Balaban J connectivity index is 1.24. The van der Waals surface area contributed by atoms with E-state index in [1.54, 1.807) is 23.7 Å². The van der Waals surface area contributed by atoms with Crippen LogP contribution >= 0.6 is 0 Å². The third kappa shape index (κ3) is 5.68. The normalized spacial score (nSPS) is 24.3. The molecule has 3 fully saturated rings. The average molecular weight is 560 g/mol. The van der Waals surface area contributed by atoms with Gasteiger partial charge in [-0.1, -0.05) is 5.16 Å². The summed E-state index contributed by atoms with van der Waals surface area (Å²) in [6.07, 6.45) is 5.79. The van der Waals surface area contributed by atoms with Gasteiger partial charge in [-0.25, -0.2) is 27.8 Å². The van der Waals surface area contributed by atoms with Crippen LogP contribution in [0.25, 0.3) is 5.78 Å². The molecule has 0 aromatic carbocycles. The Morgan fingerprint density at radius 1 is 1.05 bits per heavy atom. The minimum atomic E-state index is -2.72. The molecular weight excluding hydrogens is 527 g/mol. The molecule has 2 amide bonds. The molecular formula is C27H32F3N7O3. The van der Waals surface area contributed by atoms with Gasteiger partial charge in [-0.05, 0) is 74.4 Å². The first kappa shape index (κ1) is 26.7. The van der Waals surface area contributed by atoms with Crippen LogP contribution in [0.2, 0.25) is 0 Å². The van der Waals surface area contributed by atoms with Crippen LogP contribution in [0.5, 0.6) is 0 Å². The number of alkyl halides is 3. The molecule has 3 aromatic rings. The van der Waals surface area contributed by atoms with Crippen molar-refractivity contribution in [2.75, 3.05) is 0 Å². The van der Waals surface area contributed by atoms with E-state index < -0.39 is 24.0 Å². The highest BCUT2D eigenvalue weighted by Crippen LogP contribution is 2.43. The Hall–Kier alpha value is -3.51. The Morgan fingerprint density at radius 3 is 2.38 bits per heavy atom. The number of fused-ring (bicyclic) bond motifs is 1. The molecule has 214 valence electrons. The second-order valence-electron chi connectivity index (χ2n) is 11.6. The van der Waals surface area contributed by atoms with Crippen LogP contribution in [0.1, 0.15) is 97.4 Å². The van der Waals surface area contributed by atoms with Gasteiger partial charge in [0, 0.05) is 31.7 Å². The smallest absolute Gasteiger partial charge is 0.276 e. The van der Waals surface area contributed by atoms with Gasteiger partial charge < -0.3 is 10.6 Å². The van der Waals surface area contributed by atoms with Gasteiger partial charge in [0.05, 0.1) is 23.5 Å². The zero-order valence-corrected chi connectivity index (χ0v) is 22.2. The van der Waals surface area contributed by atoms with Crippen molar-refractivity contribution >= 4 is 17.6 Å². The van der Waals surface area contributed by atoms with E-state index in [2.05, 4.69) is 25.6 Å². The van der Waals surface area contributed by atoms with Crippen LogP contribution in [-0.2, 0) is 4.79 Å². The molecule has 3 aliphatic rings. The number of carbonyl (C=O) groups is 2. The zero-order valence-electron chi connectivity index (χ0n) is 22.2. The minimum Gasteiger partial charge on any atom is -0.347 e. The van der Waals surface area contributed by atoms with E-state index in [0.29, 0.717) is 42.1 Å². The van der Waals surface area contributed by atoms with E-state index in [1.807, 2.05) is 6.07 Å². The molecule has 0 bridgehead atoms. The van der Waals surface area contributed by atoms with Crippen molar-refractivity contribution in [3.63, 3.8) is 0 Å². The predicted octanol–water partition coefficient (Wildman–Crippen LogP) is 4.42. The molecule has 2 N–H and O–H groups in total. The lowest BCUT2D eigenvalue weighted by Gasteiger charge is -2.33. The quantitative estimate of drug-likeness (QED) is 0.397. The molecule has 2 atom stereocenters. The van der Waals surface area contributed by atoms with Gasteiger partial charge in [0.1, 0.15) is 11.9 Å². The number of hydrogen-bond acceptors (Lipinski definition) is 7. The van der Waals surface area contributed by atoms with Crippen LogP contribution in [0.3, 0.4) is 0 Å². The second kappa shape index (κ2) is 10.5. The first-order valence-corrected chi connectivity index (χ1v) is 13.9.